The van der Waals surface area contributed by atoms with Gasteiger partial charge in [0.15, 0.2) is 0 Å². The Morgan fingerprint density at radius 3 is 3.00 bits per heavy atom. The lowest BCUT2D eigenvalue weighted by Gasteiger charge is -2.34. The van der Waals surface area contributed by atoms with Crippen LogP contribution >= 0.6 is 0 Å². The number of hydrogen-bond donors (Lipinski definition) is 1. The van der Waals surface area contributed by atoms with Gasteiger partial charge in [0.25, 0.3) is 0 Å². The third-order valence-corrected chi connectivity index (χ3v) is 3.96. The molecule has 1 atom stereocenters. The van der Waals surface area contributed by atoms with E-state index in [0.717, 1.165) is 32.8 Å². The van der Waals surface area contributed by atoms with Gasteiger partial charge in [-0.05, 0) is 31.4 Å². The molecule has 0 saturated carbocycles. The quantitative estimate of drug-likeness (QED) is 0.864. The molecular formula is C15H22N2O. The van der Waals surface area contributed by atoms with E-state index in [1.165, 1.54) is 29.7 Å². The maximum absolute atomic E-state index is 5.40. The summed E-state index contributed by atoms with van der Waals surface area (Å²) in [6.07, 6.45) is 2.45. The van der Waals surface area contributed by atoms with E-state index in [1.54, 1.807) is 0 Å². The Morgan fingerprint density at radius 2 is 2.17 bits per heavy atom. The molecule has 18 heavy (non-hydrogen) atoms. The highest BCUT2D eigenvalue weighted by molar-refractivity contribution is 5.55. The van der Waals surface area contributed by atoms with Crippen molar-refractivity contribution in [2.24, 2.45) is 0 Å². The summed E-state index contributed by atoms with van der Waals surface area (Å²) in [4.78, 5) is 2.51. The van der Waals surface area contributed by atoms with E-state index in [4.69, 9.17) is 4.74 Å². The van der Waals surface area contributed by atoms with Crippen LogP contribution in [0.1, 0.15) is 17.5 Å². The second kappa shape index (κ2) is 5.29. The summed E-state index contributed by atoms with van der Waals surface area (Å²) >= 11 is 0. The number of nitrogens with one attached hydrogen (secondary N) is 1. The van der Waals surface area contributed by atoms with Gasteiger partial charge in [-0.25, -0.2) is 0 Å². The maximum atomic E-state index is 5.40. The number of ether oxygens (including phenoxy) is 1. The van der Waals surface area contributed by atoms with Crippen LogP contribution in [0, 0.1) is 6.92 Å². The van der Waals surface area contributed by atoms with Crippen molar-refractivity contribution < 1.29 is 4.74 Å². The van der Waals surface area contributed by atoms with Gasteiger partial charge in [-0.1, -0.05) is 17.7 Å². The standard InChI is InChI=1S/C15H22N2O/c1-12-2-5-15-13(10-12)3-4-14(16-15)11-17-6-8-18-9-7-17/h2,5,10,14,16H,3-4,6-9,11H2,1H3. The molecule has 0 aliphatic carbocycles. The monoisotopic (exact) mass is 246 g/mol. The predicted octanol–water partition coefficient (Wildman–Crippen LogP) is 2.05. The van der Waals surface area contributed by atoms with Crippen molar-refractivity contribution in [2.45, 2.75) is 25.8 Å². The molecule has 2 aliphatic rings. The second-order valence-electron chi connectivity index (χ2n) is 5.45. The fourth-order valence-electron chi connectivity index (χ4n) is 2.92. The van der Waals surface area contributed by atoms with Crippen LogP contribution in [0.5, 0.6) is 0 Å². The Bertz CT molecular complexity index is 413. The molecule has 0 bridgehead atoms. The lowest BCUT2D eigenvalue weighted by atomic mass is 9.96. The van der Waals surface area contributed by atoms with Crippen molar-refractivity contribution in [3.8, 4) is 0 Å². The van der Waals surface area contributed by atoms with Gasteiger partial charge < -0.3 is 10.1 Å². The first kappa shape index (κ1) is 12.0. The Labute approximate surface area is 109 Å². The third-order valence-electron chi connectivity index (χ3n) is 3.96. The van der Waals surface area contributed by atoms with Gasteiger partial charge in [-0.2, -0.15) is 0 Å². The zero-order chi connectivity index (χ0) is 12.4. The first-order valence-corrected chi connectivity index (χ1v) is 6.97. The molecule has 3 rings (SSSR count). The predicted molar refractivity (Wildman–Crippen MR) is 74.2 cm³/mol. The van der Waals surface area contributed by atoms with E-state index in [1.807, 2.05) is 0 Å². The smallest absolute Gasteiger partial charge is 0.0594 e. The molecule has 0 spiro atoms. The fraction of sp³-hybridized carbons (Fsp3) is 0.600. The summed E-state index contributed by atoms with van der Waals surface area (Å²) in [7, 11) is 0. The van der Waals surface area contributed by atoms with Gasteiger partial charge in [-0.15, -0.1) is 0 Å². The highest BCUT2D eigenvalue weighted by atomic mass is 16.5. The molecule has 0 amide bonds. The molecule has 98 valence electrons. The van der Waals surface area contributed by atoms with Crippen LogP contribution in [-0.2, 0) is 11.2 Å². The largest absolute Gasteiger partial charge is 0.381 e. The molecule has 0 radical (unpaired) electrons. The minimum Gasteiger partial charge on any atom is -0.381 e. The van der Waals surface area contributed by atoms with Crippen molar-refractivity contribution in [1.82, 2.24) is 4.90 Å². The summed E-state index contributed by atoms with van der Waals surface area (Å²) in [5.41, 5.74) is 4.18. The van der Waals surface area contributed by atoms with Gasteiger partial charge in [0.1, 0.15) is 0 Å². The summed E-state index contributed by atoms with van der Waals surface area (Å²) < 4.78 is 5.40. The van der Waals surface area contributed by atoms with Crippen LogP contribution in [0.2, 0.25) is 0 Å². The molecular weight excluding hydrogens is 224 g/mol. The van der Waals surface area contributed by atoms with Gasteiger partial charge in [0.2, 0.25) is 0 Å². The molecule has 1 fully saturated rings. The minimum atomic E-state index is 0.596. The van der Waals surface area contributed by atoms with Crippen LogP contribution in [0.4, 0.5) is 5.69 Å². The Kier molecular flexibility index (Phi) is 3.52. The molecule has 1 unspecified atom stereocenters. The van der Waals surface area contributed by atoms with Crippen molar-refractivity contribution >= 4 is 5.69 Å². The summed E-state index contributed by atoms with van der Waals surface area (Å²) in [5.74, 6) is 0. The van der Waals surface area contributed by atoms with Crippen molar-refractivity contribution in [3.63, 3.8) is 0 Å². The number of benzene rings is 1. The third kappa shape index (κ3) is 2.68. The van der Waals surface area contributed by atoms with E-state index >= 15 is 0 Å². The van der Waals surface area contributed by atoms with Crippen molar-refractivity contribution in [3.05, 3.63) is 29.3 Å². The number of anilines is 1. The van der Waals surface area contributed by atoms with Crippen LogP contribution in [0.25, 0.3) is 0 Å². The Morgan fingerprint density at radius 1 is 1.33 bits per heavy atom. The van der Waals surface area contributed by atoms with E-state index in [2.05, 4.69) is 35.3 Å². The molecule has 1 aromatic rings. The molecule has 0 aromatic heterocycles. The molecule has 3 nitrogen and oxygen atoms in total. The van der Waals surface area contributed by atoms with Crippen LogP contribution in [0.15, 0.2) is 18.2 Å². The lowest BCUT2D eigenvalue weighted by Crippen LogP contribution is -2.44. The Hall–Kier alpha value is -1.06. The molecule has 3 heteroatoms. The lowest BCUT2D eigenvalue weighted by molar-refractivity contribution is 0.0357. The molecule has 1 aromatic carbocycles. The number of rotatable bonds is 2. The molecule has 1 saturated heterocycles. The highest BCUT2D eigenvalue weighted by Crippen LogP contribution is 2.26. The number of fused-ring (bicyclic) bond motifs is 1. The fourth-order valence-corrected chi connectivity index (χ4v) is 2.92. The number of nitrogens with zero attached hydrogens (tertiary/aromatic N) is 1. The average molecular weight is 246 g/mol. The normalized spacial score (nSPS) is 24.4. The van der Waals surface area contributed by atoms with Gasteiger partial charge in [-0.3, -0.25) is 4.90 Å². The van der Waals surface area contributed by atoms with Crippen LogP contribution in [-0.4, -0.2) is 43.8 Å². The first-order chi connectivity index (χ1) is 8.81. The average Bonchev–Trinajstić information content (AvgIpc) is 2.40. The van der Waals surface area contributed by atoms with Gasteiger partial charge >= 0.3 is 0 Å². The van der Waals surface area contributed by atoms with E-state index in [-0.39, 0.29) is 0 Å². The zero-order valence-corrected chi connectivity index (χ0v) is 11.1. The Balaban J connectivity index is 1.62. The maximum Gasteiger partial charge on any atom is 0.0594 e. The highest BCUT2D eigenvalue weighted by Gasteiger charge is 2.21. The molecule has 2 heterocycles. The van der Waals surface area contributed by atoms with E-state index in [9.17, 15) is 0 Å². The topological polar surface area (TPSA) is 24.5 Å². The van der Waals surface area contributed by atoms with Gasteiger partial charge in [0, 0.05) is 31.4 Å². The van der Waals surface area contributed by atoms with E-state index < -0.39 is 0 Å². The summed E-state index contributed by atoms with van der Waals surface area (Å²) in [6, 6.07) is 7.34. The minimum absolute atomic E-state index is 0.596. The number of hydrogen-bond acceptors (Lipinski definition) is 3. The summed E-state index contributed by atoms with van der Waals surface area (Å²) in [5, 5.41) is 3.69. The van der Waals surface area contributed by atoms with Gasteiger partial charge in [0.05, 0.1) is 13.2 Å². The SMILES string of the molecule is Cc1ccc2c(c1)CCC(CN1CCOCC1)N2. The van der Waals surface area contributed by atoms with Crippen molar-refractivity contribution in [1.29, 1.82) is 0 Å². The van der Waals surface area contributed by atoms with Crippen LogP contribution in [0.3, 0.4) is 0 Å². The summed E-state index contributed by atoms with van der Waals surface area (Å²) in [6.45, 7) is 7.26. The zero-order valence-electron chi connectivity index (χ0n) is 11.1. The number of morpholine rings is 1. The molecule has 2 aliphatic heterocycles. The van der Waals surface area contributed by atoms with E-state index in [0.29, 0.717) is 6.04 Å². The first-order valence-electron chi connectivity index (χ1n) is 6.97. The van der Waals surface area contributed by atoms with Crippen LogP contribution < -0.4 is 5.32 Å². The van der Waals surface area contributed by atoms with Crippen molar-refractivity contribution in [2.75, 3.05) is 38.2 Å². The number of aryl methyl sites for hydroxylation is 2. The molecule has 1 N–H and O–H groups in total. The second-order valence-corrected chi connectivity index (χ2v) is 5.45.